The molecule has 0 bridgehead atoms. The van der Waals surface area contributed by atoms with Crippen LogP contribution in [0.3, 0.4) is 0 Å². The van der Waals surface area contributed by atoms with E-state index in [2.05, 4.69) is 0 Å². The molecule has 0 aromatic carbocycles. The van der Waals surface area contributed by atoms with E-state index in [1.54, 1.807) is 6.92 Å². The van der Waals surface area contributed by atoms with Crippen LogP contribution in [0, 0.1) is 5.41 Å². The number of carbonyl (C=O) groups excluding carboxylic acids is 1. The Kier molecular flexibility index (Phi) is 2.91. The average molecular weight is 200 g/mol. The second-order valence-corrected chi connectivity index (χ2v) is 5.75. The quantitative estimate of drug-likeness (QED) is 0.692. The van der Waals surface area contributed by atoms with Gasteiger partial charge in [0.1, 0.15) is 6.10 Å². The van der Waals surface area contributed by atoms with Crippen LogP contribution in [0.2, 0.25) is 0 Å². The van der Waals surface area contributed by atoms with E-state index in [0.29, 0.717) is 19.3 Å². The molecule has 0 radical (unpaired) electrons. The second-order valence-electron chi connectivity index (χ2n) is 5.75. The van der Waals surface area contributed by atoms with Crippen molar-refractivity contribution in [1.29, 1.82) is 0 Å². The molecule has 0 spiro atoms. The van der Waals surface area contributed by atoms with Gasteiger partial charge in [-0.15, -0.1) is 0 Å². The highest BCUT2D eigenvalue weighted by Crippen LogP contribution is 2.34. The van der Waals surface area contributed by atoms with E-state index >= 15 is 0 Å². The SMILES string of the molecule is CC(C)(C)CC(=O)OC1CC(C)(O)C1. The van der Waals surface area contributed by atoms with Crippen LogP contribution in [0.1, 0.15) is 47.0 Å². The summed E-state index contributed by atoms with van der Waals surface area (Å²) >= 11 is 0. The van der Waals surface area contributed by atoms with Crippen LogP contribution in [0.25, 0.3) is 0 Å². The van der Waals surface area contributed by atoms with Crippen LogP contribution >= 0.6 is 0 Å². The van der Waals surface area contributed by atoms with Crippen molar-refractivity contribution in [2.75, 3.05) is 0 Å². The van der Waals surface area contributed by atoms with Crippen LogP contribution in [0.5, 0.6) is 0 Å². The predicted octanol–water partition coefficient (Wildman–Crippen LogP) is 1.88. The van der Waals surface area contributed by atoms with E-state index in [9.17, 15) is 9.90 Å². The Hall–Kier alpha value is -0.570. The fourth-order valence-electron chi connectivity index (χ4n) is 1.67. The van der Waals surface area contributed by atoms with Crippen LogP contribution in [-0.4, -0.2) is 22.8 Å². The number of carbonyl (C=O) groups is 1. The minimum Gasteiger partial charge on any atom is -0.462 e. The highest BCUT2D eigenvalue weighted by atomic mass is 16.5. The van der Waals surface area contributed by atoms with E-state index in [1.807, 2.05) is 20.8 Å². The molecule has 1 fully saturated rings. The molecule has 0 heterocycles. The zero-order valence-electron chi connectivity index (χ0n) is 9.46. The molecule has 0 saturated heterocycles. The summed E-state index contributed by atoms with van der Waals surface area (Å²) in [7, 11) is 0. The molecule has 3 heteroatoms. The molecule has 82 valence electrons. The maximum atomic E-state index is 11.4. The number of esters is 1. The molecule has 14 heavy (non-hydrogen) atoms. The molecule has 3 nitrogen and oxygen atoms in total. The molecule has 1 aliphatic carbocycles. The van der Waals surface area contributed by atoms with Crippen LogP contribution in [-0.2, 0) is 9.53 Å². The highest BCUT2D eigenvalue weighted by Gasteiger charge is 2.41. The van der Waals surface area contributed by atoms with Gasteiger partial charge >= 0.3 is 5.97 Å². The lowest BCUT2D eigenvalue weighted by molar-refractivity contribution is -0.171. The second kappa shape index (κ2) is 3.54. The Morgan fingerprint density at radius 1 is 1.50 bits per heavy atom. The lowest BCUT2D eigenvalue weighted by Gasteiger charge is -2.40. The van der Waals surface area contributed by atoms with Gasteiger partial charge < -0.3 is 9.84 Å². The Morgan fingerprint density at radius 3 is 2.36 bits per heavy atom. The van der Waals surface area contributed by atoms with Crippen LogP contribution in [0.4, 0.5) is 0 Å². The van der Waals surface area contributed by atoms with Crippen LogP contribution < -0.4 is 0 Å². The highest BCUT2D eigenvalue weighted by molar-refractivity contribution is 5.70. The van der Waals surface area contributed by atoms with Crippen molar-refractivity contribution in [3.63, 3.8) is 0 Å². The van der Waals surface area contributed by atoms with E-state index < -0.39 is 5.60 Å². The van der Waals surface area contributed by atoms with Crippen molar-refractivity contribution in [3.8, 4) is 0 Å². The summed E-state index contributed by atoms with van der Waals surface area (Å²) in [5.41, 5.74) is -0.643. The fourth-order valence-corrected chi connectivity index (χ4v) is 1.67. The standard InChI is InChI=1S/C11H20O3/c1-10(2,3)7-9(12)14-8-5-11(4,13)6-8/h8,13H,5-7H2,1-4H3. The average Bonchev–Trinajstić information content (AvgIpc) is 1.76. The van der Waals surface area contributed by atoms with Crippen molar-refractivity contribution in [1.82, 2.24) is 0 Å². The first-order chi connectivity index (χ1) is 6.18. The molecule has 0 atom stereocenters. The minimum absolute atomic E-state index is 0.0245. The first-order valence-corrected chi connectivity index (χ1v) is 5.10. The molecule has 0 aromatic heterocycles. The fraction of sp³-hybridized carbons (Fsp3) is 0.909. The molecule has 0 amide bonds. The molecule has 0 aliphatic heterocycles. The van der Waals surface area contributed by atoms with Gasteiger partial charge in [-0.3, -0.25) is 4.79 Å². The van der Waals surface area contributed by atoms with Crippen LogP contribution in [0.15, 0.2) is 0 Å². The van der Waals surface area contributed by atoms with Gasteiger partial charge in [0.05, 0.1) is 12.0 Å². The van der Waals surface area contributed by atoms with Gasteiger partial charge in [0.25, 0.3) is 0 Å². The minimum atomic E-state index is -0.618. The van der Waals surface area contributed by atoms with Crippen molar-refractivity contribution < 1.29 is 14.6 Å². The zero-order valence-corrected chi connectivity index (χ0v) is 9.46. The van der Waals surface area contributed by atoms with Gasteiger partial charge in [-0.05, 0) is 12.3 Å². The monoisotopic (exact) mass is 200 g/mol. The van der Waals surface area contributed by atoms with E-state index in [1.165, 1.54) is 0 Å². The van der Waals surface area contributed by atoms with E-state index in [-0.39, 0.29) is 17.5 Å². The molecular weight excluding hydrogens is 180 g/mol. The summed E-state index contributed by atoms with van der Waals surface area (Å²) < 4.78 is 5.20. The maximum absolute atomic E-state index is 11.4. The number of rotatable bonds is 2. The lowest BCUT2D eigenvalue weighted by atomic mass is 9.79. The molecule has 1 N–H and O–H groups in total. The van der Waals surface area contributed by atoms with E-state index in [0.717, 1.165) is 0 Å². The van der Waals surface area contributed by atoms with Gasteiger partial charge in [-0.2, -0.15) is 0 Å². The number of ether oxygens (including phenoxy) is 1. The normalized spacial score (nSPS) is 32.2. The smallest absolute Gasteiger partial charge is 0.306 e. The first-order valence-electron chi connectivity index (χ1n) is 5.10. The van der Waals surface area contributed by atoms with E-state index in [4.69, 9.17) is 4.74 Å². The summed E-state index contributed by atoms with van der Waals surface area (Å²) in [4.78, 5) is 11.4. The Balaban J connectivity index is 2.24. The molecule has 1 rings (SSSR count). The maximum Gasteiger partial charge on any atom is 0.306 e. The van der Waals surface area contributed by atoms with Crippen molar-refractivity contribution in [2.45, 2.75) is 58.7 Å². The number of hydrogen-bond donors (Lipinski definition) is 1. The van der Waals surface area contributed by atoms with Crippen molar-refractivity contribution in [2.24, 2.45) is 5.41 Å². The third-order valence-electron chi connectivity index (χ3n) is 2.31. The summed E-state index contributed by atoms with van der Waals surface area (Å²) in [6.45, 7) is 7.78. The third kappa shape index (κ3) is 3.66. The first kappa shape index (κ1) is 11.5. The largest absolute Gasteiger partial charge is 0.462 e. The zero-order chi connectivity index (χ0) is 11.0. The summed E-state index contributed by atoms with van der Waals surface area (Å²) in [5, 5.41) is 9.44. The van der Waals surface area contributed by atoms with Gasteiger partial charge in [0.2, 0.25) is 0 Å². The van der Waals surface area contributed by atoms with Gasteiger partial charge in [-0.25, -0.2) is 0 Å². The van der Waals surface area contributed by atoms with Gasteiger partial charge in [-0.1, -0.05) is 20.8 Å². The van der Waals surface area contributed by atoms with Crippen molar-refractivity contribution in [3.05, 3.63) is 0 Å². The molecule has 0 unspecified atom stereocenters. The van der Waals surface area contributed by atoms with Gasteiger partial charge in [0.15, 0.2) is 0 Å². The molecule has 0 aromatic rings. The number of hydrogen-bond acceptors (Lipinski definition) is 3. The Labute approximate surface area is 85.5 Å². The Bertz CT molecular complexity index is 217. The third-order valence-corrected chi connectivity index (χ3v) is 2.31. The Morgan fingerprint density at radius 2 is 2.00 bits per heavy atom. The topological polar surface area (TPSA) is 46.5 Å². The summed E-state index contributed by atoms with van der Waals surface area (Å²) in [6, 6.07) is 0. The lowest BCUT2D eigenvalue weighted by Crippen LogP contribution is -2.46. The summed E-state index contributed by atoms with van der Waals surface area (Å²) in [6.07, 6.45) is 1.51. The van der Waals surface area contributed by atoms with Crippen molar-refractivity contribution >= 4 is 5.97 Å². The predicted molar refractivity (Wildman–Crippen MR) is 53.8 cm³/mol. The molecular formula is C11H20O3. The van der Waals surface area contributed by atoms with Gasteiger partial charge in [0, 0.05) is 12.8 Å². The summed E-state index contributed by atoms with van der Waals surface area (Å²) in [5.74, 6) is -0.155. The molecule has 1 saturated carbocycles. The molecule has 1 aliphatic rings. The number of aliphatic hydroxyl groups is 1.